The van der Waals surface area contributed by atoms with Crippen molar-refractivity contribution in [1.82, 2.24) is 0 Å². The van der Waals surface area contributed by atoms with Gasteiger partial charge >= 0.3 is 0 Å². The van der Waals surface area contributed by atoms with Crippen LogP contribution in [0.4, 0.5) is 0 Å². The van der Waals surface area contributed by atoms with E-state index in [0.29, 0.717) is 5.92 Å². The Labute approximate surface area is 75.5 Å². The standard InChI is InChI=1S/C10H21NO/c1-4-5-6-7-8(2)10(11)9(3)12/h8,10H,4-7,11H2,1-3H3/t8-,10+/m0/s1. The molecule has 12 heavy (non-hydrogen) atoms. The van der Waals surface area contributed by atoms with Crippen LogP contribution in [-0.4, -0.2) is 11.8 Å². The molecule has 2 heteroatoms. The van der Waals surface area contributed by atoms with E-state index in [0.717, 1.165) is 6.42 Å². The van der Waals surface area contributed by atoms with Crippen LogP contribution in [0.25, 0.3) is 0 Å². The lowest BCUT2D eigenvalue weighted by Gasteiger charge is -2.16. The monoisotopic (exact) mass is 171 g/mol. The molecule has 0 saturated carbocycles. The van der Waals surface area contributed by atoms with Gasteiger partial charge in [-0.15, -0.1) is 0 Å². The summed E-state index contributed by atoms with van der Waals surface area (Å²) in [4.78, 5) is 10.9. The van der Waals surface area contributed by atoms with Crippen molar-refractivity contribution in [2.45, 2.75) is 52.5 Å². The largest absolute Gasteiger partial charge is 0.321 e. The molecule has 0 radical (unpaired) electrons. The van der Waals surface area contributed by atoms with Crippen molar-refractivity contribution in [2.24, 2.45) is 11.7 Å². The molecule has 0 heterocycles. The maximum absolute atomic E-state index is 10.9. The van der Waals surface area contributed by atoms with E-state index in [1.807, 2.05) is 0 Å². The zero-order chi connectivity index (χ0) is 9.56. The third-order valence-corrected chi connectivity index (χ3v) is 2.35. The number of hydrogen-bond acceptors (Lipinski definition) is 2. The predicted octanol–water partition coefficient (Wildman–Crippen LogP) is 2.12. The van der Waals surface area contributed by atoms with Gasteiger partial charge in [-0.25, -0.2) is 0 Å². The average molecular weight is 171 g/mol. The zero-order valence-electron chi connectivity index (χ0n) is 8.47. The van der Waals surface area contributed by atoms with Gasteiger partial charge in [0.15, 0.2) is 0 Å². The average Bonchev–Trinajstić information content (AvgIpc) is 2.03. The van der Waals surface area contributed by atoms with Crippen molar-refractivity contribution in [3.8, 4) is 0 Å². The minimum Gasteiger partial charge on any atom is -0.321 e. The van der Waals surface area contributed by atoms with Gasteiger partial charge < -0.3 is 5.73 Å². The highest BCUT2D eigenvalue weighted by molar-refractivity contribution is 5.81. The Balaban J connectivity index is 3.56. The summed E-state index contributed by atoms with van der Waals surface area (Å²) in [5, 5.41) is 0. The minimum absolute atomic E-state index is 0.110. The first-order valence-corrected chi connectivity index (χ1v) is 4.85. The fourth-order valence-corrected chi connectivity index (χ4v) is 1.30. The summed E-state index contributed by atoms with van der Waals surface area (Å²) in [7, 11) is 0. The molecule has 0 aliphatic heterocycles. The summed E-state index contributed by atoms with van der Waals surface area (Å²) in [6.07, 6.45) is 4.74. The second kappa shape index (κ2) is 6.18. The fourth-order valence-electron chi connectivity index (χ4n) is 1.30. The first kappa shape index (κ1) is 11.6. The van der Waals surface area contributed by atoms with Crippen molar-refractivity contribution in [2.75, 3.05) is 0 Å². The molecule has 0 rings (SSSR count). The smallest absolute Gasteiger partial charge is 0.146 e. The topological polar surface area (TPSA) is 43.1 Å². The van der Waals surface area contributed by atoms with E-state index in [4.69, 9.17) is 5.73 Å². The van der Waals surface area contributed by atoms with Gasteiger partial charge in [-0.05, 0) is 19.3 Å². The van der Waals surface area contributed by atoms with Crippen molar-refractivity contribution in [3.63, 3.8) is 0 Å². The number of nitrogens with two attached hydrogens (primary N) is 1. The van der Waals surface area contributed by atoms with Gasteiger partial charge in [0.25, 0.3) is 0 Å². The van der Waals surface area contributed by atoms with Gasteiger partial charge in [-0.3, -0.25) is 4.79 Å². The molecule has 0 fully saturated rings. The lowest BCUT2D eigenvalue weighted by atomic mass is 9.94. The highest BCUT2D eigenvalue weighted by atomic mass is 16.1. The molecule has 2 nitrogen and oxygen atoms in total. The van der Waals surface area contributed by atoms with Crippen LogP contribution >= 0.6 is 0 Å². The van der Waals surface area contributed by atoms with Gasteiger partial charge in [0.1, 0.15) is 5.78 Å². The number of carbonyl (C=O) groups is 1. The van der Waals surface area contributed by atoms with Crippen LogP contribution in [0.2, 0.25) is 0 Å². The fraction of sp³-hybridized carbons (Fsp3) is 0.900. The highest BCUT2D eigenvalue weighted by Crippen LogP contribution is 2.12. The Kier molecular flexibility index (Phi) is 5.99. The first-order chi connectivity index (χ1) is 5.59. The molecule has 0 amide bonds. The van der Waals surface area contributed by atoms with Gasteiger partial charge in [-0.2, -0.15) is 0 Å². The number of hydrogen-bond donors (Lipinski definition) is 1. The summed E-state index contributed by atoms with van der Waals surface area (Å²) in [5.41, 5.74) is 5.69. The molecule has 0 aromatic heterocycles. The summed E-state index contributed by atoms with van der Waals surface area (Å²) in [6.45, 7) is 5.80. The molecule has 0 aliphatic rings. The number of carbonyl (C=O) groups excluding carboxylic acids is 1. The first-order valence-electron chi connectivity index (χ1n) is 4.85. The maximum Gasteiger partial charge on any atom is 0.146 e. The lowest BCUT2D eigenvalue weighted by Crippen LogP contribution is -2.35. The molecular weight excluding hydrogens is 150 g/mol. The maximum atomic E-state index is 10.9. The molecule has 0 saturated heterocycles. The third kappa shape index (κ3) is 4.50. The van der Waals surface area contributed by atoms with E-state index in [1.54, 1.807) is 6.92 Å². The van der Waals surface area contributed by atoms with E-state index in [1.165, 1.54) is 19.3 Å². The van der Waals surface area contributed by atoms with Gasteiger partial charge in [0.05, 0.1) is 6.04 Å². The Morgan fingerprint density at radius 3 is 2.42 bits per heavy atom. The van der Waals surface area contributed by atoms with Crippen LogP contribution in [-0.2, 0) is 4.79 Å². The molecule has 0 aliphatic carbocycles. The second-order valence-electron chi connectivity index (χ2n) is 3.61. The van der Waals surface area contributed by atoms with Crippen LogP contribution in [0.15, 0.2) is 0 Å². The van der Waals surface area contributed by atoms with Crippen molar-refractivity contribution >= 4 is 5.78 Å². The number of ketones is 1. The molecule has 0 aromatic carbocycles. The SMILES string of the molecule is CCCCC[C@H](C)[C@@H](N)C(C)=O. The summed E-state index contributed by atoms with van der Waals surface area (Å²) < 4.78 is 0. The van der Waals surface area contributed by atoms with E-state index in [9.17, 15) is 4.79 Å². The highest BCUT2D eigenvalue weighted by Gasteiger charge is 2.15. The van der Waals surface area contributed by atoms with Crippen molar-refractivity contribution in [1.29, 1.82) is 0 Å². The molecule has 0 spiro atoms. The molecule has 0 unspecified atom stereocenters. The Hall–Kier alpha value is -0.370. The van der Waals surface area contributed by atoms with Crippen molar-refractivity contribution in [3.05, 3.63) is 0 Å². The minimum atomic E-state index is -0.248. The molecule has 72 valence electrons. The van der Waals surface area contributed by atoms with Crippen LogP contribution < -0.4 is 5.73 Å². The van der Waals surface area contributed by atoms with Crippen LogP contribution in [0.1, 0.15) is 46.5 Å². The summed E-state index contributed by atoms with van der Waals surface area (Å²) in [5.74, 6) is 0.452. The normalized spacial score (nSPS) is 15.7. The predicted molar refractivity (Wildman–Crippen MR) is 52.0 cm³/mol. The number of unbranched alkanes of at least 4 members (excludes halogenated alkanes) is 2. The molecule has 2 atom stereocenters. The molecule has 0 bridgehead atoms. The third-order valence-electron chi connectivity index (χ3n) is 2.35. The van der Waals surface area contributed by atoms with Gasteiger partial charge in [0, 0.05) is 0 Å². The Morgan fingerprint density at radius 2 is 2.00 bits per heavy atom. The van der Waals surface area contributed by atoms with Gasteiger partial charge in [-0.1, -0.05) is 33.1 Å². The number of rotatable bonds is 6. The zero-order valence-corrected chi connectivity index (χ0v) is 8.47. The molecule has 0 aromatic rings. The Bertz CT molecular complexity index is 134. The van der Waals surface area contributed by atoms with Crippen LogP contribution in [0, 0.1) is 5.92 Å². The summed E-state index contributed by atoms with van der Waals surface area (Å²) >= 11 is 0. The van der Waals surface area contributed by atoms with E-state index in [2.05, 4.69) is 13.8 Å². The Morgan fingerprint density at radius 1 is 1.42 bits per heavy atom. The van der Waals surface area contributed by atoms with Crippen LogP contribution in [0.3, 0.4) is 0 Å². The molecule has 2 N–H and O–H groups in total. The van der Waals surface area contributed by atoms with Crippen molar-refractivity contribution < 1.29 is 4.79 Å². The summed E-state index contributed by atoms with van der Waals surface area (Å²) in [6, 6.07) is -0.248. The van der Waals surface area contributed by atoms with Crippen LogP contribution in [0.5, 0.6) is 0 Å². The van der Waals surface area contributed by atoms with Gasteiger partial charge in [0.2, 0.25) is 0 Å². The van der Waals surface area contributed by atoms with E-state index >= 15 is 0 Å². The second-order valence-corrected chi connectivity index (χ2v) is 3.61. The molecular formula is C10H21NO. The quantitative estimate of drug-likeness (QED) is 0.622. The van der Waals surface area contributed by atoms with E-state index in [-0.39, 0.29) is 11.8 Å². The number of Topliss-reactive ketones (excluding diaryl/α,β-unsaturated/α-hetero) is 1. The van der Waals surface area contributed by atoms with E-state index < -0.39 is 0 Å². The lowest BCUT2D eigenvalue weighted by molar-refractivity contribution is -0.119.